The van der Waals surface area contributed by atoms with Crippen molar-refractivity contribution in [1.29, 1.82) is 0 Å². The highest BCUT2D eigenvalue weighted by atomic mass is 19.1. The topological polar surface area (TPSA) is 66.8 Å². The number of hydrogen-bond acceptors (Lipinski definition) is 3. The summed E-state index contributed by atoms with van der Waals surface area (Å²) in [6.45, 7) is 2.05. The van der Waals surface area contributed by atoms with E-state index >= 15 is 0 Å². The molecule has 1 fully saturated rings. The van der Waals surface area contributed by atoms with E-state index in [2.05, 4.69) is 0 Å². The number of aryl methyl sites for hydroxylation is 1. The molecule has 1 saturated heterocycles. The summed E-state index contributed by atoms with van der Waals surface area (Å²) in [7, 11) is 0. The molecule has 0 radical (unpaired) electrons. The molecule has 1 unspecified atom stereocenters. The number of nitrogens with zero attached hydrogens (tertiary/aromatic N) is 1. The lowest BCUT2D eigenvalue weighted by Crippen LogP contribution is -2.46. The van der Waals surface area contributed by atoms with Crippen LogP contribution in [0.1, 0.15) is 27.4 Å². The van der Waals surface area contributed by atoms with Gasteiger partial charge in [-0.15, -0.1) is 0 Å². The minimum absolute atomic E-state index is 0.00985. The lowest BCUT2D eigenvalue weighted by Gasteiger charge is -2.35. The molecular formula is C20H18FNO4. The van der Waals surface area contributed by atoms with Gasteiger partial charge in [0.25, 0.3) is 5.91 Å². The molecule has 2 aromatic rings. The normalized spacial score (nSPS) is 23.8. The fraction of sp³-hybridized carbons (Fsp3) is 0.300. The number of likely N-dealkylation sites (tertiary alicyclic amines) is 1. The monoisotopic (exact) mass is 355 g/mol. The van der Waals surface area contributed by atoms with Crippen LogP contribution in [-0.2, 0) is 4.79 Å². The van der Waals surface area contributed by atoms with E-state index in [9.17, 15) is 19.1 Å². The first kappa shape index (κ1) is 16.6. The quantitative estimate of drug-likeness (QED) is 0.900. The summed E-state index contributed by atoms with van der Waals surface area (Å²) in [4.78, 5) is 26.6. The van der Waals surface area contributed by atoms with E-state index in [1.807, 2.05) is 24.3 Å². The van der Waals surface area contributed by atoms with Crippen molar-refractivity contribution in [3.8, 4) is 5.75 Å². The zero-order valence-electron chi connectivity index (χ0n) is 14.2. The summed E-state index contributed by atoms with van der Waals surface area (Å²) >= 11 is 0. The molecule has 0 bridgehead atoms. The summed E-state index contributed by atoms with van der Waals surface area (Å²) < 4.78 is 19.3. The van der Waals surface area contributed by atoms with Crippen LogP contribution in [0.15, 0.2) is 42.5 Å². The average molecular weight is 355 g/mol. The lowest BCUT2D eigenvalue weighted by molar-refractivity contribution is -0.151. The Bertz CT molecular complexity index is 912. The van der Waals surface area contributed by atoms with E-state index in [0.717, 1.165) is 5.56 Å². The summed E-state index contributed by atoms with van der Waals surface area (Å²) in [6.07, 6.45) is 0. The molecule has 4 rings (SSSR count). The van der Waals surface area contributed by atoms with E-state index in [0.29, 0.717) is 11.3 Å². The van der Waals surface area contributed by atoms with Gasteiger partial charge in [-0.2, -0.15) is 0 Å². The Morgan fingerprint density at radius 2 is 2.04 bits per heavy atom. The van der Waals surface area contributed by atoms with Gasteiger partial charge < -0.3 is 14.7 Å². The number of halogens is 1. The van der Waals surface area contributed by atoms with Gasteiger partial charge in [0.1, 0.15) is 23.6 Å². The SMILES string of the molecule is Cc1ccc(F)cc1C(=O)N1CC2c3ccccc3OC[C@]2(C(=O)O)C1. The number of carboxylic acid groups (broad SMARTS) is 1. The Kier molecular flexibility index (Phi) is 3.72. The molecule has 5 nitrogen and oxygen atoms in total. The first-order valence-electron chi connectivity index (χ1n) is 8.43. The van der Waals surface area contributed by atoms with Gasteiger partial charge in [-0.1, -0.05) is 24.3 Å². The first-order valence-corrected chi connectivity index (χ1v) is 8.43. The molecule has 2 aromatic carbocycles. The van der Waals surface area contributed by atoms with Gasteiger partial charge in [0.15, 0.2) is 0 Å². The van der Waals surface area contributed by atoms with Crippen LogP contribution in [0.25, 0.3) is 0 Å². The highest BCUT2D eigenvalue weighted by Gasteiger charge is 2.57. The van der Waals surface area contributed by atoms with Crippen molar-refractivity contribution >= 4 is 11.9 Å². The van der Waals surface area contributed by atoms with Crippen molar-refractivity contribution in [1.82, 2.24) is 4.90 Å². The van der Waals surface area contributed by atoms with Gasteiger partial charge in [0, 0.05) is 30.1 Å². The highest BCUT2D eigenvalue weighted by Crippen LogP contribution is 2.50. The Morgan fingerprint density at radius 3 is 2.81 bits per heavy atom. The highest BCUT2D eigenvalue weighted by molar-refractivity contribution is 5.96. The van der Waals surface area contributed by atoms with Crippen LogP contribution in [0.3, 0.4) is 0 Å². The largest absolute Gasteiger partial charge is 0.492 e. The number of carbonyl (C=O) groups is 2. The van der Waals surface area contributed by atoms with E-state index < -0.39 is 17.2 Å². The Morgan fingerprint density at radius 1 is 1.27 bits per heavy atom. The van der Waals surface area contributed by atoms with Crippen molar-refractivity contribution in [2.75, 3.05) is 19.7 Å². The molecule has 1 N–H and O–H groups in total. The first-order chi connectivity index (χ1) is 12.4. The fourth-order valence-corrected chi connectivity index (χ4v) is 3.99. The van der Waals surface area contributed by atoms with Gasteiger partial charge in [0.05, 0.1) is 0 Å². The van der Waals surface area contributed by atoms with Crippen LogP contribution in [0.2, 0.25) is 0 Å². The van der Waals surface area contributed by atoms with E-state index in [1.54, 1.807) is 13.0 Å². The van der Waals surface area contributed by atoms with Crippen molar-refractivity contribution in [2.45, 2.75) is 12.8 Å². The fourth-order valence-electron chi connectivity index (χ4n) is 3.99. The number of carbonyl (C=O) groups excluding carboxylic acids is 1. The van der Waals surface area contributed by atoms with Gasteiger partial charge in [-0.3, -0.25) is 9.59 Å². The molecule has 0 aromatic heterocycles. The summed E-state index contributed by atoms with van der Waals surface area (Å²) in [5.41, 5.74) is 0.531. The van der Waals surface area contributed by atoms with E-state index in [1.165, 1.54) is 17.0 Å². The molecule has 2 heterocycles. The van der Waals surface area contributed by atoms with Crippen LogP contribution in [0.4, 0.5) is 4.39 Å². The Balaban J connectivity index is 1.73. The van der Waals surface area contributed by atoms with Crippen LogP contribution >= 0.6 is 0 Å². The third-order valence-electron chi connectivity index (χ3n) is 5.47. The molecule has 1 amide bonds. The third-order valence-corrected chi connectivity index (χ3v) is 5.47. The van der Waals surface area contributed by atoms with E-state index in [-0.39, 0.29) is 37.1 Å². The minimum Gasteiger partial charge on any atom is -0.492 e. The molecule has 0 aliphatic carbocycles. The average Bonchev–Trinajstić information content (AvgIpc) is 3.05. The Labute approximate surface area is 150 Å². The van der Waals surface area contributed by atoms with Crippen LogP contribution in [-0.4, -0.2) is 41.6 Å². The molecule has 2 aliphatic rings. The van der Waals surface area contributed by atoms with Crippen LogP contribution in [0, 0.1) is 18.2 Å². The second kappa shape index (κ2) is 5.83. The number of benzene rings is 2. The predicted octanol–water partition coefficient (Wildman–Crippen LogP) is 2.84. The van der Waals surface area contributed by atoms with Crippen molar-refractivity contribution in [3.63, 3.8) is 0 Å². The molecule has 6 heteroatoms. The van der Waals surface area contributed by atoms with Gasteiger partial charge in [-0.05, 0) is 30.7 Å². The molecule has 2 aliphatic heterocycles. The zero-order chi connectivity index (χ0) is 18.5. The molecule has 26 heavy (non-hydrogen) atoms. The smallest absolute Gasteiger partial charge is 0.315 e. The number of aliphatic carboxylic acids is 1. The van der Waals surface area contributed by atoms with Gasteiger partial charge in [0.2, 0.25) is 0 Å². The molecule has 134 valence electrons. The number of para-hydroxylation sites is 1. The van der Waals surface area contributed by atoms with E-state index in [4.69, 9.17) is 4.74 Å². The van der Waals surface area contributed by atoms with Crippen LogP contribution in [0.5, 0.6) is 5.75 Å². The summed E-state index contributed by atoms with van der Waals surface area (Å²) in [5.74, 6) is -1.52. The van der Waals surface area contributed by atoms with Crippen molar-refractivity contribution in [3.05, 3.63) is 65.0 Å². The minimum atomic E-state index is -1.19. The van der Waals surface area contributed by atoms with Gasteiger partial charge in [-0.25, -0.2) is 4.39 Å². The van der Waals surface area contributed by atoms with Crippen LogP contribution < -0.4 is 4.74 Å². The number of rotatable bonds is 2. The lowest BCUT2D eigenvalue weighted by atomic mass is 9.73. The summed E-state index contributed by atoms with van der Waals surface area (Å²) in [6, 6.07) is 11.4. The molecule has 2 atom stereocenters. The zero-order valence-corrected chi connectivity index (χ0v) is 14.2. The maximum atomic E-state index is 13.6. The molecule has 0 saturated carbocycles. The van der Waals surface area contributed by atoms with Crippen molar-refractivity contribution in [2.24, 2.45) is 5.41 Å². The number of hydrogen-bond donors (Lipinski definition) is 1. The predicted molar refractivity (Wildman–Crippen MR) is 91.8 cm³/mol. The second-order valence-corrected chi connectivity index (χ2v) is 6.99. The van der Waals surface area contributed by atoms with Crippen molar-refractivity contribution < 1.29 is 23.8 Å². The number of carboxylic acids is 1. The maximum absolute atomic E-state index is 13.6. The Hall–Kier alpha value is -2.89. The summed E-state index contributed by atoms with van der Waals surface area (Å²) in [5, 5.41) is 9.92. The maximum Gasteiger partial charge on any atom is 0.315 e. The molecule has 0 spiro atoms. The second-order valence-electron chi connectivity index (χ2n) is 6.99. The van der Waals surface area contributed by atoms with Gasteiger partial charge >= 0.3 is 5.97 Å². The standard InChI is InChI=1S/C20H18FNO4/c1-12-6-7-13(21)8-15(12)18(23)22-9-16-14-4-2-3-5-17(14)26-11-20(16,10-22)19(24)25/h2-8,16H,9-11H2,1H3,(H,24,25)/t16?,20-/m1/s1. The number of fused-ring (bicyclic) bond motifs is 3. The molecular weight excluding hydrogens is 337 g/mol. The number of ether oxygens (including phenoxy) is 1. The number of amides is 1. The third kappa shape index (κ3) is 2.36.